The monoisotopic (exact) mass is 295 g/mol. The van der Waals surface area contributed by atoms with Crippen molar-refractivity contribution in [2.24, 2.45) is 5.92 Å². The zero-order valence-corrected chi connectivity index (χ0v) is 11.6. The predicted molar refractivity (Wildman–Crippen MR) is 67.4 cm³/mol. The summed E-state index contributed by atoms with van der Waals surface area (Å²) in [5.74, 6) is -0.689. The van der Waals surface area contributed by atoms with E-state index in [4.69, 9.17) is 16.7 Å². The van der Waals surface area contributed by atoms with Crippen molar-refractivity contribution in [2.75, 3.05) is 6.61 Å². The molecule has 18 heavy (non-hydrogen) atoms. The van der Waals surface area contributed by atoms with E-state index in [1.165, 1.54) is 0 Å². The van der Waals surface area contributed by atoms with Crippen LogP contribution in [0.15, 0.2) is 23.1 Å². The van der Waals surface area contributed by atoms with E-state index in [1.807, 2.05) is 0 Å². The van der Waals surface area contributed by atoms with E-state index in [2.05, 4.69) is 4.72 Å². The molecule has 102 valence electrons. The maximum atomic E-state index is 12.9. The van der Waals surface area contributed by atoms with Gasteiger partial charge >= 0.3 is 0 Å². The predicted octanol–water partition coefficient (Wildman–Crippen LogP) is 1.77. The highest BCUT2D eigenvalue weighted by Gasteiger charge is 2.24. The fraction of sp³-hybridized carbons (Fsp3) is 0.455. The third-order valence-corrected chi connectivity index (χ3v) is 4.46. The fourth-order valence-electron chi connectivity index (χ4n) is 1.34. The Morgan fingerprint density at radius 1 is 1.44 bits per heavy atom. The minimum Gasteiger partial charge on any atom is -0.395 e. The van der Waals surface area contributed by atoms with Gasteiger partial charge in [0, 0.05) is 6.04 Å². The van der Waals surface area contributed by atoms with Crippen LogP contribution < -0.4 is 4.72 Å². The second kappa shape index (κ2) is 5.97. The molecule has 0 aliphatic heterocycles. The second-order valence-electron chi connectivity index (χ2n) is 4.23. The molecule has 0 radical (unpaired) electrons. The normalized spacial score (nSPS) is 13.9. The van der Waals surface area contributed by atoms with Gasteiger partial charge in [-0.05, 0) is 24.1 Å². The lowest BCUT2D eigenvalue weighted by Gasteiger charge is -2.20. The highest BCUT2D eigenvalue weighted by atomic mass is 35.5. The maximum Gasteiger partial charge on any atom is 0.242 e. The van der Waals surface area contributed by atoms with Crippen molar-refractivity contribution in [2.45, 2.75) is 24.8 Å². The largest absolute Gasteiger partial charge is 0.395 e. The molecule has 1 aromatic carbocycles. The Kier molecular flexibility index (Phi) is 5.10. The lowest BCUT2D eigenvalue weighted by Crippen LogP contribution is -2.41. The van der Waals surface area contributed by atoms with Gasteiger partial charge in [-0.3, -0.25) is 0 Å². The third-order valence-electron chi connectivity index (χ3n) is 2.49. The smallest absolute Gasteiger partial charge is 0.242 e. The highest BCUT2D eigenvalue weighted by molar-refractivity contribution is 7.89. The molecule has 0 unspecified atom stereocenters. The van der Waals surface area contributed by atoms with Crippen LogP contribution in [-0.4, -0.2) is 26.2 Å². The van der Waals surface area contributed by atoms with Crippen LogP contribution in [-0.2, 0) is 10.0 Å². The van der Waals surface area contributed by atoms with Gasteiger partial charge in [0.25, 0.3) is 0 Å². The summed E-state index contributed by atoms with van der Waals surface area (Å²) in [6.45, 7) is 3.22. The van der Waals surface area contributed by atoms with Crippen molar-refractivity contribution in [3.63, 3.8) is 0 Å². The van der Waals surface area contributed by atoms with Crippen LogP contribution in [0.5, 0.6) is 0 Å². The molecular weight excluding hydrogens is 281 g/mol. The van der Waals surface area contributed by atoms with Crippen LogP contribution in [0.25, 0.3) is 0 Å². The third kappa shape index (κ3) is 3.65. The molecule has 0 spiro atoms. The van der Waals surface area contributed by atoms with E-state index in [9.17, 15) is 12.8 Å². The van der Waals surface area contributed by atoms with Gasteiger partial charge in [0.15, 0.2) is 0 Å². The molecule has 0 aliphatic carbocycles. The fourth-order valence-corrected chi connectivity index (χ4v) is 3.25. The lowest BCUT2D eigenvalue weighted by molar-refractivity contribution is 0.227. The zero-order chi connectivity index (χ0) is 13.9. The average Bonchev–Trinajstić information content (AvgIpc) is 2.24. The number of rotatable bonds is 5. The van der Waals surface area contributed by atoms with Crippen molar-refractivity contribution in [3.05, 3.63) is 29.0 Å². The molecule has 0 saturated carbocycles. The Morgan fingerprint density at radius 3 is 2.50 bits per heavy atom. The first-order valence-corrected chi connectivity index (χ1v) is 7.22. The average molecular weight is 296 g/mol. The quantitative estimate of drug-likeness (QED) is 0.870. The summed E-state index contributed by atoms with van der Waals surface area (Å²) >= 11 is 5.70. The van der Waals surface area contributed by atoms with E-state index in [1.54, 1.807) is 13.8 Å². The van der Waals surface area contributed by atoms with Crippen molar-refractivity contribution in [1.82, 2.24) is 4.72 Å². The molecule has 1 aromatic rings. The number of aliphatic hydroxyl groups is 1. The molecule has 1 atom stereocenters. The number of sulfonamides is 1. The molecule has 1 rings (SSSR count). The zero-order valence-electron chi connectivity index (χ0n) is 10.0. The standard InChI is InChI=1S/C11H15ClFNO3S/c1-7(2)10(6-15)14-18(16,17)11-4-3-8(13)5-9(11)12/h3-5,7,10,14-15H,6H2,1-2H3/t10-/m1/s1. The summed E-state index contributed by atoms with van der Waals surface area (Å²) in [6.07, 6.45) is 0. The van der Waals surface area contributed by atoms with Crippen molar-refractivity contribution in [3.8, 4) is 0 Å². The number of hydrogen-bond donors (Lipinski definition) is 2. The Bertz CT molecular complexity index is 519. The lowest BCUT2D eigenvalue weighted by atomic mass is 10.1. The molecule has 0 bridgehead atoms. The first-order chi connectivity index (χ1) is 8.27. The minimum atomic E-state index is -3.87. The summed E-state index contributed by atoms with van der Waals surface area (Å²) in [5.41, 5.74) is 0. The van der Waals surface area contributed by atoms with E-state index in [-0.39, 0.29) is 22.4 Å². The van der Waals surface area contributed by atoms with Gasteiger partial charge in [-0.15, -0.1) is 0 Å². The summed E-state index contributed by atoms with van der Waals surface area (Å²) < 4.78 is 39.2. The van der Waals surface area contributed by atoms with Crippen LogP contribution in [0, 0.1) is 11.7 Å². The van der Waals surface area contributed by atoms with Crippen LogP contribution >= 0.6 is 11.6 Å². The van der Waals surface area contributed by atoms with E-state index < -0.39 is 21.9 Å². The molecular formula is C11H15ClFNO3S. The number of benzene rings is 1. The van der Waals surface area contributed by atoms with Crippen LogP contribution in [0.4, 0.5) is 4.39 Å². The van der Waals surface area contributed by atoms with Gasteiger partial charge in [0.05, 0.1) is 11.6 Å². The Hall–Kier alpha value is -0.690. The molecule has 0 heterocycles. The van der Waals surface area contributed by atoms with Gasteiger partial charge in [-0.1, -0.05) is 25.4 Å². The maximum absolute atomic E-state index is 12.9. The molecule has 0 amide bonds. The highest BCUT2D eigenvalue weighted by Crippen LogP contribution is 2.22. The van der Waals surface area contributed by atoms with Gasteiger partial charge in [-0.2, -0.15) is 0 Å². The Balaban J connectivity index is 3.06. The number of hydrogen-bond acceptors (Lipinski definition) is 3. The number of halogens is 2. The van der Waals surface area contributed by atoms with Crippen molar-refractivity contribution >= 4 is 21.6 Å². The van der Waals surface area contributed by atoms with Gasteiger partial charge < -0.3 is 5.11 Å². The van der Waals surface area contributed by atoms with Crippen molar-refractivity contribution in [1.29, 1.82) is 0 Å². The SMILES string of the molecule is CC(C)[C@@H](CO)NS(=O)(=O)c1ccc(F)cc1Cl. The van der Waals surface area contributed by atoms with E-state index in [0.29, 0.717) is 0 Å². The van der Waals surface area contributed by atoms with E-state index >= 15 is 0 Å². The van der Waals surface area contributed by atoms with Crippen LogP contribution in [0.1, 0.15) is 13.8 Å². The molecule has 2 N–H and O–H groups in total. The first kappa shape index (κ1) is 15.4. The second-order valence-corrected chi connectivity index (χ2v) is 6.32. The Labute approximate surface area is 111 Å². The van der Waals surface area contributed by atoms with Gasteiger partial charge in [0.2, 0.25) is 10.0 Å². The molecule has 0 fully saturated rings. The number of nitrogens with one attached hydrogen (secondary N) is 1. The molecule has 0 aliphatic rings. The molecule has 4 nitrogen and oxygen atoms in total. The summed E-state index contributed by atoms with van der Waals surface area (Å²) in [7, 11) is -3.87. The molecule has 7 heteroatoms. The summed E-state index contributed by atoms with van der Waals surface area (Å²) in [5, 5.41) is 8.91. The molecule has 0 aromatic heterocycles. The number of aliphatic hydroxyl groups excluding tert-OH is 1. The Morgan fingerprint density at radius 2 is 2.06 bits per heavy atom. The van der Waals surface area contributed by atoms with Gasteiger partial charge in [-0.25, -0.2) is 17.5 Å². The molecule has 0 saturated heterocycles. The van der Waals surface area contributed by atoms with Crippen LogP contribution in [0.3, 0.4) is 0 Å². The van der Waals surface area contributed by atoms with Crippen LogP contribution in [0.2, 0.25) is 5.02 Å². The summed E-state index contributed by atoms with van der Waals surface area (Å²) in [4.78, 5) is -0.204. The van der Waals surface area contributed by atoms with Crippen molar-refractivity contribution < 1.29 is 17.9 Å². The minimum absolute atomic E-state index is 0.0796. The van der Waals surface area contributed by atoms with E-state index in [0.717, 1.165) is 18.2 Å². The topological polar surface area (TPSA) is 66.4 Å². The first-order valence-electron chi connectivity index (χ1n) is 5.36. The van der Waals surface area contributed by atoms with Gasteiger partial charge in [0.1, 0.15) is 10.7 Å². The summed E-state index contributed by atoms with van der Waals surface area (Å²) in [6, 6.07) is 2.42.